The average Bonchev–Trinajstić information content (AvgIpc) is 2.23. The molecular weight excluding hydrogens is 261 g/mol. The third-order valence-electron chi connectivity index (χ3n) is 1.88. The van der Waals surface area contributed by atoms with Gasteiger partial charge >= 0.3 is 0 Å². The van der Waals surface area contributed by atoms with Gasteiger partial charge in [-0.3, -0.25) is 16.1 Å². The monoisotopic (exact) mass is 273 g/mol. The molecule has 0 bridgehead atoms. The van der Waals surface area contributed by atoms with Gasteiger partial charge in [0.05, 0.1) is 10.0 Å². The average molecular weight is 274 g/mol. The smallest absolute Gasteiger partial charge is 0.199 e. The normalized spacial score (nSPS) is 9.65. The summed E-state index contributed by atoms with van der Waals surface area (Å²) in [4.78, 5) is 1.55. The fourth-order valence-electron chi connectivity index (χ4n) is 0.980. The van der Waals surface area contributed by atoms with Crippen molar-refractivity contribution < 1.29 is 0 Å². The molecule has 0 aliphatic heterocycles. The van der Waals surface area contributed by atoms with Crippen molar-refractivity contribution in [1.29, 1.82) is 10.8 Å². The molecule has 0 heterocycles. The molecule has 1 aromatic rings. The Labute approximate surface area is 110 Å². The molecule has 92 valence electrons. The van der Waals surface area contributed by atoms with Gasteiger partial charge in [0, 0.05) is 19.8 Å². The molecule has 0 fully saturated rings. The number of nitrogens with one attached hydrogen (secondary N) is 4. The number of guanidine groups is 2. The molecule has 0 aliphatic rings. The molecule has 0 atom stereocenters. The second-order valence-electron chi connectivity index (χ2n) is 3.50. The van der Waals surface area contributed by atoms with Crippen molar-refractivity contribution in [3.8, 4) is 0 Å². The van der Waals surface area contributed by atoms with Gasteiger partial charge in [0.15, 0.2) is 11.9 Å². The molecule has 0 amide bonds. The van der Waals surface area contributed by atoms with Crippen LogP contribution in [-0.4, -0.2) is 30.9 Å². The molecule has 0 saturated heterocycles. The number of rotatable bonds is 1. The van der Waals surface area contributed by atoms with Crippen LogP contribution in [0.25, 0.3) is 0 Å². The lowest BCUT2D eigenvalue weighted by atomic mass is 10.3. The van der Waals surface area contributed by atoms with Crippen molar-refractivity contribution in [1.82, 2.24) is 10.2 Å². The first-order chi connectivity index (χ1) is 7.90. The molecule has 0 spiro atoms. The second-order valence-corrected chi connectivity index (χ2v) is 4.31. The van der Waals surface area contributed by atoms with Crippen molar-refractivity contribution in [2.45, 2.75) is 0 Å². The third-order valence-corrected chi connectivity index (χ3v) is 2.62. The number of halogens is 2. The highest BCUT2D eigenvalue weighted by atomic mass is 35.5. The molecular formula is C10H13Cl2N5. The van der Waals surface area contributed by atoms with Crippen LogP contribution in [0.5, 0.6) is 0 Å². The standard InChI is InChI=1S/C10H13Cl2N5/c1-17(2)10(14)16-9(13)15-6-3-4-7(11)8(12)5-6/h3-5H,1-2H3,(H4,13,14,15,16). The zero-order chi connectivity index (χ0) is 13.0. The fourth-order valence-corrected chi connectivity index (χ4v) is 1.28. The highest BCUT2D eigenvalue weighted by molar-refractivity contribution is 6.42. The first-order valence-corrected chi connectivity index (χ1v) is 5.49. The van der Waals surface area contributed by atoms with E-state index in [2.05, 4.69) is 10.6 Å². The van der Waals surface area contributed by atoms with Crippen LogP contribution in [0, 0.1) is 10.8 Å². The Morgan fingerprint density at radius 1 is 1.18 bits per heavy atom. The summed E-state index contributed by atoms with van der Waals surface area (Å²) in [6.45, 7) is 0. The highest BCUT2D eigenvalue weighted by Gasteiger charge is 2.04. The third kappa shape index (κ3) is 4.13. The Bertz CT molecular complexity index is 444. The van der Waals surface area contributed by atoms with Crippen LogP contribution in [0.1, 0.15) is 0 Å². The van der Waals surface area contributed by atoms with Gasteiger partial charge < -0.3 is 10.2 Å². The molecule has 7 heteroatoms. The Balaban J connectivity index is 2.62. The maximum Gasteiger partial charge on any atom is 0.199 e. The maximum absolute atomic E-state index is 7.61. The van der Waals surface area contributed by atoms with Gasteiger partial charge in [0.1, 0.15) is 0 Å². The number of hydrogen-bond donors (Lipinski definition) is 4. The van der Waals surface area contributed by atoms with Crippen LogP contribution >= 0.6 is 23.2 Å². The molecule has 0 saturated carbocycles. The molecule has 0 aromatic heterocycles. The van der Waals surface area contributed by atoms with E-state index in [0.717, 1.165) is 0 Å². The summed E-state index contributed by atoms with van der Waals surface area (Å²) in [5.74, 6) is 0.102. The predicted molar refractivity (Wildman–Crippen MR) is 72.4 cm³/mol. The van der Waals surface area contributed by atoms with Crippen LogP contribution in [0.4, 0.5) is 5.69 Å². The first-order valence-electron chi connectivity index (χ1n) is 4.73. The van der Waals surface area contributed by atoms with Crippen molar-refractivity contribution in [2.24, 2.45) is 0 Å². The summed E-state index contributed by atoms with van der Waals surface area (Å²) in [6, 6.07) is 4.94. The zero-order valence-corrected chi connectivity index (χ0v) is 10.9. The quantitative estimate of drug-likeness (QED) is 0.469. The van der Waals surface area contributed by atoms with Crippen LogP contribution in [0.3, 0.4) is 0 Å². The minimum atomic E-state index is -0.0120. The second kappa shape index (κ2) is 5.75. The molecule has 4 N–H and O–H groups in total. The van der Waals surface area contributed by atoms with Crippen LogP contribution < -0.4 is 10.6 Å². The van der Waals surface area contributed by atoms with E-state index in [-0.39, 0.29) is 11.9 Å². The fraction of sp³-hybridized carbons (Fsp3) is 0.200. The van der Waals surface area contributed by atoms with Crippen molar-refractivity contribution in [3.05, 3.63) is 28.2 Å². The molecule has 17 heavy (non-hydrogen) atoms. The van der Waals surface area contributed by atoms with E-state index in [0.29, 0.717) is 15.7 Å². The highest BCUT2D eigenvalue weighted by Crippen LogP contribution is 2.24. The maximum atomic E-state index is 7.61. The number of benzene rings is 1. The van der Waals surface area contributed by atoms with Crippen molar-refractivity contribution in [3.63, 3.8) is 0 Å². The van der Waals surface area contributed by atoms with E-state index in [1.165, 1.54) is 0 Å². The largest absolute Gasteiger partial charge is 0.349 e. The Kier molecular flexibility index (Phi) is 4.60. The Morgan fingerprint density at radius 2 is 1.82 bits per heavy atom. The Hall–Kier alpha value is -1.46. The minimum absolute atomic E-state index is 0.0120. The molecule has 1 rings (SSSR count). The summed E-state index contributed by atoms with van der Waals surface area (Å²) in [5, 5.41) is 21.3. The van der Waals surface area contributed by atoms with Gasteiger partial charge in [0.25, 0.3) is 0 Å². The van der Waals surface area contributed by atoms with Gasteiger partial charge in [-0.2, -0.15) is 0 Å². The van der Waals surface area contributed by atoms with Gasteiger partial charge in [-0.25, -0.2) is 0 Å². The predicted octanol–water partition coefficient (Wildman–Crippen LogP) is 2.43. The van der Waals surface area contributed by atoms with Gasteiger partial charge in [-0.1, -0.05) is 23.2 Å². The molecule has 5 nitrogen and oxygen atoms in total. The van der Waals surface area contributed by atoms with E-state index in [4.69, 9.17) is 34.0 Å². The van der Waals surface area contributed by atoms with E-state index in [9.17, 15) is 0 Å². The van der Waals surface area contributed by atoms with Crippen LogP contribution in [0.2, 0.25) is 10.0 Å². The van der Waals surface area contributed by atoms with E-state index >= 15 is 0 Å². The topological polar surface area (TPSA) is 75.0 Å². The summed E-state index contributed by atoms with van der Waals surface area (Å²) in [5.41, 5.74) is 0.628. The van der Waals surface area contributed by atoms with Gasteiger partial charge in [0.2, 0.25) is 0 Å². The van der Waals surface area contributed by atoms with Gasteiger partial charge in [-0.15, -0.1) is 0 Å². The SMILES string of the molecule is CN(C)C(=N)NC(=N)Nc1ccc(Cl)c(Cl)c1. The van der Waals surface area contributed by atoms with E-state index < -0.39 is 0 Å². The van der Waals surface area contributed by atoms with Crippen LogP contribution in [0.15, 0.2) is 18.2 Å². The molecule has 0 aliphatic carbocycles. The molecule has 0 radical (unpaired) electrons. The summed E-state index contributed by atoms with van der Waals surface area (Å²) < 4.78 is 0. The van der Waals surface area contributed by atoms with Crippen molar-refractivity contribution in [2.75, 3.05) is 19.4 Å². The number of hydrogen-bond acceptors (Lipinski definition) is 2. The lowest BCUT2D eigenvalue weighted by molar-refractivity contribution is 0.599. The summed E-state index contributed by atoms with van der Waals surface area (Å²) >= 11 is 11.6. The van der Waals surface area contributed by atoms with Crippen LogP contribution in [-0.2, 0) is 0 Å². The minimum Gasteiger partial charge on any atom is -0.349 e. The number of nitrogens with zero attached hydrogens (tertiary/aromatic N) is 1. The lowest BCUT2D eigenvalue weighted by Gasteiger charge is -2.16. The van der Waals surface area contributed by atoms with E-state index in [1.807, 2.05) is 0 Å². The summed E-state index contributed by atoms with van der Waals surface area (Å²) in [6.07, 6.45) is 0. The molecule has 0 unspecified atom stereocenters. The first kappa shape index (κ1) is 13.6. The van der Waals surface area contributed by atoms with E-state index in [1.54, 1.807) is 37.2 Å². The molecule has 1 aromatic carbocycles. The Morgan fingerprint density at radius 3 is 2.35 bits per heavy atom. The summed E-state index contributed by atoms with van der Waals surface area (Å²) in [7, 11) is 3.42. The van der Waals surface area contributed by atoms with Crippen molar-refractivity contribution >= 4 is 40.8 Å². The number of anilines is 1. The lowest BCUT2D eigenvalue weighted by Crippen LogP contribution is -2.42. The van der Waals surface area contributed by atoms with Gasteiger partial charge in [-0.05, 0) is 18.2 Å². The zero-order valence-electron chi connectivity index (χ0n) is 9.44.